The first-order valence-electron chi connectivity index (χ1n) is 7.57. The van der Waals surface area contributed by atoms with E-state index in [-0.39, 0.29) is 12.1 Å². The van der Waals surface area contributed by atoms with Crippen molar-refractivity contribution in [3.8, 4) is 0 Å². The van der Waals surface area contributed by atoms with Gasteiger partial charge < -0.3 is 24.6 Å². The van der Waals surface area contributed by atoms with E-state index >= 15 is 0 Å². The van der Waals surface area contributed by atoms with E-state index in [4.69, 9.17) is 14.2 Å². The number of hydrogen-bond donors (Lipinski definition) is 2. The maximum atomic E-state index is 9.45. The number of nitrogens with one attached hydrogen (secondary N) is 1. The molecule has 0 aromatic heterocycles. The van der Waals surface area contributed by atoms with E-state index in [0.29, 0.717) is 25.9 Å². The quantitative estimate of drug-likeness (QED) is 0.476. The molecular formula is C15H33NO4. The Morgan fingerprint density at radius 2 is 1.60 bits per heavy atom. The molecule has 0 bridgehead atoms. The normalized spacial score (nSPS) is 14.7. The summed E-state index contributed by atoms with van der Waals surface area (Å²) < 4.78 is 15.8. The summed E-state index contributed by atoms with van der Waals surface area (Å²) in [5, 5.41) is 12.8. The molecule has 0 aromatic carbocycles. The lowest BCUT2D eigenvalue weighted by Crippen LogP contribution is -2.49. The van der Waals surface area contributed by atoms with Crippen molar-refractivity contribution in [2.24, 2.45) is 0 Å². The van der Waals surface area contributed by atoms with Gasteiger partial charge in [-0.1, -0.05) is 13.8 Å². The average Bonchev–Trinajstić information content (AvgIpc) is 2.40. The first-order valence-corrected chi connectivity index (χ1v) is 7.57. The van der Waals surface area contributed by atoms with Crippen LogP contribution in [0, 0.1) is 0 Å². The highest BCUT2D eigenvalue weighted by atomic mass is 16.5. The minimum atomic E-state index is -0.208. The lowest BCUT2D eigenvalue weighted by atomic mass is 9.96. The van der Waals surface area contributed by atoms with E-state index in [0.717, 1.165) is 32.5 Å². The number of hydrogen-bond acceptors (Lipinski definition) is 5. The summed E-state index contributed by atoms with van der Waals surface area (Å²) in [6.45, 7) is 9.84. The number of methoxy groups -OCH3 is 1. The fourth-order valence-electron chi connectivity index (χ4n) is 2.07. The first kappa shape index (κ1) is 19.8. The van der Waals surface area contributed by atoms with Crippen LogP contribution in [0.25, 0.3) is 0 Å². The van der Waals surface area contributed by atoms with Gasteiger partial charge in [0.05, 0.1) is 19.8 Å². The van der Waals surface area contributed by atoms with Crippen LogP contribution in [-0.2, 0) is 14.2 Å². The van der Waals surface area contributed by atoms with Gasteiger partial charge in [0, 0.05) is 38.5 Å². The van der Waals surface area contributed by atoms with Crippen LogP contribution >= 0.6 is 0 Å². The Bertz CT molecular complexity index is 214. The van der Waals surface area contributed by atoms with Crippen LogP contribution in [0.5, 0.6) is 0 Å². The lowest BCUT2D eigenvalue weighted by molar-refractivity contribution is 0.0490. The minimum absolute atomic E-state index is 0.151. The van der Waals surface area contributed by atoms with Crippen LogP contribution in [0.1, 0.15) is 40.0 Å². The Morgan fingerprint density at radius 1 is 1.00 bits per heavy atom. The number of ether oxygens (including phenoxy) is 3. The molecule has 0 amide bonds. The molecule has 0 spiro atoms. The van der Waals surface area contributed by atoms with Crippen LogP contribution in [0.4, 0.5) is 0 Å². The summed E-state index contributed by atoms with van der Waals surface area (Å²) in [4.78, 5) is 0. The molecule has 0 aromatic rings. The van der Waals surface area contributed by atoms with E-state index in [1.165, 1.54) is 0 Å². The second kappa shape index (κ2) is 12.5. The molecule has 0 aliphatic rings. The van der Waals surface area contributed by atoms with Gasteiger partial charge in [-0.2, -0.15) is 0 Å². The topological polar surface area (TPSA) is 60.0 Å². The van der Waals surface area contributed by atoms with Gasteiger partial charge in [-0.3, -0.25) is 0 Å². The third-order valence-corrected chi connectivity index (χ3v) is 3.01. The minimum Gasteiger partial charge on any atom is -0.394 e. The molecule has 0 saturated carbocycles. The van der Waals surface area contributed by atoms with Gasteiger partial charge in [-0.15, -0.1) is 0 Å². The predicted molar refractivity (Wildman–Crippen MR) is 81.1 cm³/mol. The van der Waals surface area contributed by atoms with Gasteiger partial charge in [0.2, 0.25) is 0 Å². The Kier molecular flexibility index (Phi) is 12.4. The van der Waals surface area contributed by atoms with E-state index in [2.05, 4.69) is 26.1 Å². The van der Waals surface area contributed by atoms with E-state index in [1.54, 1.807) is 7.11 Å². The largest absolute Gasteiger partial charge is 0.394 e. The summed E-state index contributed by atoms with van der Waals surface area (Å²) in [6.07, 6.45) is 2.76. The van der Waals surface area contributed by atoms with Crippen molar-refractivity contribution in [3.05, 3.63) is 0 Å². The van der Waals surface area contributed by atoms with Gasteiger partial charge in [-0.05, 0) is 26.2 Å². The van der Waals surface area contributed by atoms with E-state index in [9.17, 15) is 5.11 Å². The zero-order valence-electron chi connectivity index (χ0n) is 13.6. The summed E-state index contributed by atoms with van der Waals surface area (Å²) in [5.41, 5.74) is -0.208. The van der Waals surface area contributed by atoms with Crippen LogP contribution in [0.3, 0.4) is 0 Å². The van der Waals surface area contributed by atoms with E-state index < -0.39 is 0 Å². The molecule has 0 radical (unpaired) electrons. The third-order valence-electron chi connectivity index (χ3n) is 3.01. The van der Waals surface area contributed by atoms with Gasteiger partial charge in [0.25, 0.3) is 0 Å². The maximum absolute atomic E-state index is 9.45. The molecule has 0 heterocycles. The Labute approximate surface area is 124 Å². The van der Waals surface area contributed by atoms with Crippen molar-refractivity contribution in [2.45, 2.75) is 51.6 Å². The monoisotopic (exact) mass is 291 g/mol. The summed E-state index contributed by atoms with van der Waals surface area (Å²) in [5.74, 6) is 0. The van der Waals surface area contributed by atoms with Crippen molar-refractivity contribution < 1.29 is 19.3 Å². The average molecular weight is 291 g/mol. The van der Waals surface area contributed by atoms with Crippen LogP contribution in [0.15, 0.2) is 0 Å². The number of aliphatic hydroxyl groups is 1. The molecule has 5 heteroatoms. The lowest BCUT2D eigenvalue weighted by Gasteiger charge is -2.31. The van der Waals surface area contributed by atoms with Crippen molar-refractivity contribution in [1.29, 1.82) is 0 Å². The van der Waals surface area contributed by atoms with Crippen molar-refractivity contribution in [3.63, 3.8) is 0 Å². The summed E-state index contributed by atoms with van der Waals surface area (Å²) in [7, 11) is 1.67. The van der Waals surface area contributed by atoms with Crippen LogP contribution in [0.2, 0.25) is 0 Å². The molecule has 0 fully saturated rings. The van der Waals surface area contributed by atoms with Crippen LogP contribution < -0.4 is 5.32 Å². The zero-order chi connectivity index (χ0) is 15.3. The fraction of sp³-hybridized carbons (Fsp3) is 1.00. The van der Waals surface area contributed by atoms with Gasteiger partial charge in [-0.25, -0.2) is 0 Å². The van der Waals surface area contributed by atoms with Crippen molar-refractivity contribution in [2.75, 3.05) is 46.8 Å². The molecule has 2 N–H and O–H groups in total. The molecule has 0 saturated heterocycles. The van der Waals surface area contributed by atoms with Crippen molar-refractivity contribution >= 4 is 0 Å². The highest BCUT2D eigenvalue weighted by Gasteiger charge is 2.22. The Morgan fingerprint density at radius 3 is 2.15 bits per heavy atom. The first-order chi connectivity index (χ1) is 9.54. The fourth-order valence-corrected chi connectivity index (χ4v) is 2.07. The molecule has 122 valence electrons. The highest BCUT2D eigenvalue weighted by molar-refractivity contribution is 4.83. The van der Waals surface area contributed by atoms with Gasteiger partial charge in [0.15, 0.2) is 0 Å². The Balaban J connectivity index is 3.42. The number of rotatable bonds is 14. The van der Waals surface area contributed by atoms with Gasteiger partial charge >= 0.3 is 0 Å². The highest BCUT2D eigenvalue weighted by Crippen LogP contribution is 2.12. The SMILES string of the molecule is COCCOCCCOCCCC(C)(CO)NC(C)C. The van der Waals surface area contributed by atoms with Crippen LogP contribution in [-0.4, -0.2) is 63.4 Å². The van der Waals surface area contributed by atoms with Crippen molar-refractivity contribution in [1.82, 2.24) is 5.32 Å². The molecule has 1 atom stereocenters. The summed E-state index contributed by atoms with van der Waals surface area (Å²) >= 11 is 0. The molecule has 0 aliphatic carbocycles. The zero-order valence-corrected chi connectivity index (χ0v) is 13.6. The van der Waals surface area contributed by atoms with E-state index in [1.807, 2.05) is 0 Å². The summed E-state index contributed by atoms with van der Waals surface area (Å²) in [6, 6.07) is 0.373. The maximum Gasteiger partial charge on any atom is 0.0700 e. The molecule has 0 rings (SSSR count). The predicted octanol–water partition coefficient (Wildman–Crippen LogP) is 1.59. The number of aliphatic hydroxyl groups excluding tert-OH is 1. The van der Waals surface area contributed by atoms with Gasteiger partial charge in [0.1, 0.15) is 0 Å². The molecule has 5 nitrogen and oxygen atoms in total. The molecular weight excluding hydrogens is 258 g/mol. The second-order valence-electron chi connectivity index (χ2n) is 5.69. The third kappa shape index (κ3) is 11.6. The molecule has 20 heavy (non-hydrogen) atoms. The smallest absolute Gasteiger partial charge is 0.0700 e. The standard InChI is InChI=1S/C15H33NO4/c1-14(2)16-15(3,13-17)7-5-8-19-9-6-10-20-12-11-18-4/h14,16-17H,5-13H2,1-4H3. The Hall–Kier alpha value is -0.200. The second-order valence-corrected chi connectivity index (χ2v) is 5.69. The molecule has 1 unspecified atom stereocenters. The molecule has 0 aliphatic heterocycles.